The highest BCUT2D eigenvalue weighted by atomic mass is 35.5. The van der Waals surface area contributed by atoms with Crippen LogP contribution in [0.25, 0.3) is 10.9 Å². The fourth-order valence-corrected chi connectivity index (χ4v) is 3.72. The summed E-state index contributed by atoms with van der Waals surface area (Å²) in [5.41, 5.74) is 1.91. The van der Waals surface area contributed by atoms with Crippen LogP contribution in [0, 0.1) is 0 Å². The summed E-state index contributed by atoms with van der Waals surface area (Å²) in [4.78, 5) is 25.6. The lowest BCUT2D eigenvalue weighted by molar-refractivity contribution is 0.0946. The first-order valence-electron chi connectivity index (χ1n) is 8.39. The smallest absolute Gasteiger partial charge is 0.267 e. The van der Waals surface area contributed by atoms with Gasteiger partial charge in [0.1, 0.15) is 11.3 Å². The molecule has 26 heavy (non-hydrogen) atoms. The van der Waals surface area contributed by atoms with E-state index < -0.39 is 11.5 Å². The first-order chi connectivity index (χ1) is 12.5. The fourth-order valence-electron chi connectivity index (χ4n) is 3.60. The quantitative estimate of drug-likeness (QED) is 0.744. The summed E-state index contributed by atoms with van der Waals surface area (Å²) >= 11 is 5.85. The lowest BCUT2D eigenvalue weighted by atomic mass is 10.1. The van der Waals surface area contributed by atoms with Crippen LogP contribution in [0.2, 0.25) is 5.02 Å². The van der Waals surface area contributed by atoms with Crippen molar-refractivity contribution < 1.29 is 9.90 Å². The highest BCUT2D eigenvalue weighted by Gasteiger charge is 2.29. The summed E-state index contributed by atoms with van der Waals surface area (Å²) in [5.74, 6) is -0.844. The van der Waals surface area contributed by atoms with E-state index in [0.717, 1.165) is 16.6 Å². The van der Waals surface area contributed by atoms with Gasteiger partial charge in [-0.1, -0.05) is 35.9 Å². The Bertz CT molecular complexity index is 1090. The molecule has 0 bridgehead atoms. The van der Waals surface area contributed by atoms with E-state index in [9.17, 15) is 14.7 Å². The largest absolute Gasteiger partial charge is 0.506 e. The molecule has 0 radical (unpaired) electrons. The number of carbonyl (C=O) groups excluding carboxylic acids is 1. The number of hydrogen-bond donors (Lipinski definition) is 2. The molecule has 0 unspecified atom stereocenters. The van der Waals surface area contributed by atoms with Crippen molar-refractivity contribution in [3.8, 4) is 5.75 Å². The Hall–Kier alpha value is -2.79. The maximum Gasteiger partial charge on any atom is 0.267 e. The molecule has 0 fully saturated rings. The van der Waals surface area contributed by atoms with E-state index in [-0.39, 0.29) is 23.9 Å². The van der Waals surface area contributed by atoms with Crippen LogP contribution in [0.5, 0.6) is 5.75 Å². The zero-order valence-corrected chi connectivity index (χ0v) is 14.9. The lowest BCUT2D eigenvalue weighted by Crippen LogP contribution is -2.33. The van der Waals surface area contributed by atoms with Crippen LogP contribution in [0.4, 0.5) is 0 Å². The minimum atomic E-state index is -0.586. The zero-order chi connectivity index (χ0) is 18.4. The summed E-state index contributed by atoms with van der Waals surface area (Å²) in [6.07, 6.45) is 0.710. The number of aromatic hydroxyl groups is 1. The molecule has 2 heterocycles. The Morgan fingerprint density at radius 1 is 1.27 bits per heavy atom. The van der Waals surface area contributed by atoms with Crippen LogP contribution in [0.1, 0.15) is 34.5 Å². The standard InChI is InChI=1S/C20H17ClN2O3/c1-11-9-13-3-2-4-15-17(13)23(11)20(26)16(18(15)24)19(25)22-10-12-5-7-14(21)8-6-12/h2-8,11,24H,9-10H2,1H3,(H,22,25)/t11-/m0/s1. The van der Waals surface area contributed by atoms with Crippen molar-refractivity contribution in [2.45, 2.75) is 25.9 Å². The van der Waals surface area contributed by atoms with Crippen molar-refractivity contribution in [3.05, 3.63) is 74.5 Å². The lowest BCUT2D eigenvalue weighted by Gasteiger charge is -2.14. The molecule has 1 aliphatic rings. The Kier molecular flexibility index (Phi) is 3.96. The van der Waals surface area contributed by atoms with Crippen molar-refractivity contribution >= 4 is 28.4 Å². The van der Waals surface area contributed by atoms with Crippen molar-refractivity contribution in [1.29, 1.82) is 0 Å². The van der Waals surface area contributed by atoms with Gasteiger partial charge in [0.25, 0.3) is 11.5 Å². The number of benzene rings is 2. The second-order valence-electron chi connectivity index (χ2n) is 6.57. The van der Waals surface area contributed by atoms with Crippen LogP contribution in [-0.2, 0) is 13.0 Å². The number of nitrogens with one attached hydrogen (secondary N) is 1. The van der Waals surface area contributed by atoms with Gasteiger partial charge in [0.2, 0.25) is 0 Å². The number of aromatic nitrogens is 1. The van der Waals surface area contributed by atoms with Gasteiger partial charge in [-0.25, -0.2) is 0 Å². The average Bonchev–Trinajstić information content (AvgIpc) is 2.96. The van der Waals surface area contributed by atoms with Gasteiger partial charge >= 0.3 is 0 Å². The van der Waals surface area contributed by atoms with Crippen LogP contribution in [0.15, 0.2) is 47.3 Å². The van der Waals surface area contributed by atoms with Gasteiger partial charge in [0.05, 0.1) is 5.52 Å². The Labute approximate surface area is 154 Å². The number of para-hydroxylation sites is 1. The molecule has 1 atom stereocenters. The molecular formula is C20H17ClN2O3. The average molecular weight is 369 g/mol. The van der Waals surface area contributed by atoms with E-state index in [1.54, 1.807) is 34.9 Å². The molecule has 132 valence electrons. The molecule has 1 amide bonds. The van der Waals surface area contributed by atoms with Crippen LogP contribution >= 0.6 is 11.6 Å². The highest BCUT2D eigenvalue weighted by Crippen LogP contribution is 2.35. The SMILES string of the molecule is C[C@H]1Cc2cccc3c(O)c(C(=O)NCc4ccc(Cl)cc4)c(=O)n1c23. The predicted molar refractivity (Wildman–Crippen MR) is 101 cm³/mol. The zero-order valence-electron chi connectivity index (χ0n) is 14.1. The maximum absolute atomic E-state index is 12.9. The summed E-state index contributed by atoms with van der Waals surface area (Å²) in [6, 6.07) is 12.5. The number of nitrogens with zero attached hydrogens (tertiary/aromatic N) is 1. The molecule has 0 aliphatic carbocycles. The number of hydrogen-bond acceptors (Lipinski definition) is 3. The summed E-state index contributed by atoms with van der Waals surface area (Å²) in [6.45, 7) is 2.18. The molecule has 1 aromatic heterocycles. The first kappa shape index (κ1) is 16.7. The third-order valence-corrected chi connectivity index (χ3v) is 5.09. The summed E-state index contributed by atoms with van der Waals surface area (Å²) in [5, 5.41) is 14.5. The van der Waals surface area contributed by atoms with Gasteiger partial charge in [0.15, 0.2) is 0 Å². The minimum absolute atomic E-state index is 0.0502. The van der Waals surface area contributed by atoms with E-state index in [2.05, 4.69) is 5.32 Å². The molecule has 4 rings (SSSR count). The Balaban J connectivity index is 1.74. The maximum atomic E-state index is 12.9. The monoisotopic (exact) mass is 368 g/mol. The van der Waals surface area contributed by atoms with Gasteiger partial charge in [-0.3, -0.25) is 9.59 Å². The second kappa shape index (κ2) is 6.18. The van der Waals surface area contributed by atoms with Gasteiger partial charge < -0.3 is 15.0 Å². The third-order valence-electron chi connectivity index (χ3n) is 4.83. The van der Waals surface area contributed by atoms with Gasteiger partial charge in [0, 0.05) is 23.0 Å². The fraction of sp³-hybridized carbons (Fsp3) is 0.200. The molecule has 0 saturated heterocycles. The van der Waals surface area contributed by atoms with E-state index >= 15 is 0 Å². The van der Waals surface area contributed by atoms with Crippen LogP contribution in [-0.4, -0.2) is 15.6 Å². The number of pyridine rings is 1. The molecular weight excluding hydrogens is 352 g/mol. The minimum Gasteiger partial charge on any atom is -0.506 e. The molecule has 3 aromatic rings. The molecule has 2 aromatic carbocycles. The molecule has 0 saturated carbocycles. The van der Waals surface area contributed by atoms with Crippen LogP contribution < -0.4 is 10.9 Å². The number of amides is 1. The van der Waals surface area contributed by atoms with Crippen molar-refractivity contribution in [1.82, 2.24) is 9.88 Å². The predicted octanol–water partition coefficient (Wildman–Crippen LogP) is 3.41. The highest BCUT2D eigenvalue weighted by molar-refractivity contribution is 6.30. The molecule has 2 N–H and O–H groups in total. The number of rotatable bonds is 3. The third kappa shape index (κ3) is 2.56. The second-order valence-corrected chi connectivity index (χ2v) is 7.01. The summed E-state index contributed by atoms with van der Waals surface area (Å²) in [7, 11) is 0. The Morgan fingerprint density at radius 3 is 2.73 bits per heavy atom. The van der Waals surface area contributed by atoms with Crippen molar-refractivity contribution in [2.24, 2.45) is 0 Å². The van der Waals surface area contributed by atoms with E-state index in [1.165, 1.54) is 0 Å². The molecule has 1 aliphatic heterocycles. The van der Waals surface area contributed by atoms with Crippen molar-refractivity contribution in [3.63, 3.8) is 0 Å². The summed E-state index contributed by atoms with van der Waals surface area (Å²) < 4.78 is 1.61. The number of halogens is 1. The molecule has 6 heteroatoms. The number of carbonyl (C=O) groups is 1. The normalized spacial score (nSPS) is 15.4. The Morgan fingerprint density at radius 2 is 2.00 bits per heavy atom. The first-order valence-corrected chi connectivity index (χ1v) is 8.77. The van der Waals surface area contributed by atoms with Gasteiger partial charge in [-0.2, -0.15) is 0 Å². The van der Waals surface area contributed by atoms with Crippen LogP contribution in [0.3, 0.4) is 0 Å². The molecule has 5 nitrogen and oxygen atoms in total. The van der Waals surface area contributed by atoms with Crippen molar-refractivity contribution in [2.75, 3.05) is 0 Å². The van der Waals surface area contributed by atoms with E-state index in [0.29, 0.717) is 16.8 Å². The van der Waals surface area contributed by atoms with Gasteiger partial charge in [-0.05, 0) is 42.7 Å². The van der Waals surface area contributed by atoms with E-state index in [4.69, 9.17) is 11.6 Å². The van der Waals surface area contributed by atoms with E-state index in [1.807, 2.05) is 19.1 Å². The molecule has 0 spiro atoms. The van der Waals surface area contributed by atoms with Gasteiger partial charge in [-0.15, -0.1) is 0 Å². The topological polar surface area (TPSA) is 71.3 Å².